The van der Waals surface area contributed by atoms with Gasteiger partial charge in [0.1, 0.15) is 11.5 Å². The number of rotatable bonds is 6. The smallest absolute Gasteiger partial charge is 0.140 e. The summed E-state index contributed by atoms with van der Waals surface area (Å²) in [5, 5.41) is 0.639. The number of carbonyl (C=O) groups excluding carboxylic acids is 1. The zero-order valence-electron chi connectivity index (χ0n) is 11.4. The minimum Gasteiger partial charge on any atom is -0.493 e. The number of aryl methyl sites for hydroxylation is 1. The third-order valence-electron chi connectivity index (χ3n) is 2.98. The predicted molar refractivity (Wildman–Crippen MR) is 81.5 cm³/mol. The number of Topliss-reactive ketones (excluding diaryl/α,β-unsaturated/α-hetero) is 1. The molecule has 2 nitrogen and oxygen atoms in total. The molecule has 0 unspecified atom stereocenters. The summed E-state index contributed by atoms with van der Waals surface area (Å²) in [6.07, 6.45) is 0.746. The van der Waals surface area contributed by atoms with Gasteiger partial charge in [-0.25, -0.2) is 0 Å². The Hall–Kier alpha value is -1.80. The van der Waals surface area contributed by atoms with Crippen molar-refractivity contribution in [3.8, 4) is 5.75 Å². The van der Waals surface area contributed by atoms with Gasteiger partial charge in [0, 0.05) is 17.9 Å². The van der Waals surface area contributed by atoms with E-state index in [0.717, 1.165) is 16.9 Å². The zero-order valence-corrected chi connectivity index (χ0v) is 12.2. The fourth-order valence-electron chi connectivity index (χ4n) is 1.93. The average molecular weight is 289 g/mol. The third kappa shape index (κ3) is 4.39. The van der Waals surface area contributed by atoms with Crippen molar-refractivity contribution in [1.29, 1.82) is 0 Å². The normalized spacial score (nSPS) is 10.3. The fourth-order valence-corrected chi connectivity index (χ4v) is 2.13. The highest BCUT2D eigenvalue weighted by Crippen LogP contribution is 2.16. The highest BCUT2D eigenvalue weighted by Gasteiger charge is 2.07. The van der Waals surface area contributed by atoms with Crippen LogP contribution in [-0.4, -0.2) is 12.4 Å². The molecule has 0 aliphatic rings. The van der Waals surface area contributed by atoms with Crippen LogP contribution in [0, 0.1) is 6.92 Å². The Bertz CT molecular complexity index is 593. The number of hydrogen-bond donors (Lipinski definition) is 0. The van der Waals surface area contributed by atoms with E-state index in [1.807, 2.05) is 49.4 Å². The molecule has 0 fully saturated rings. The second-order valence-electron chi connectivity index (χ2n) is 4.72. The van der Waals surface area contributed by atoms with Crippen molar-refractivity contribution in [3.63, 3.8) is 0 Å². The summed E-state index contributed by atoms with van der Waals surface area (Å²) in [5.74, 6) is 0.932. The van der Waals surface area contributed by atoms with E-state index in [1.165, 1.54) is 0 Å². The highest BCUT2D eigenvalue weighted by molar-refractivity contribution is 6.31. The van der Waals surface area contributed by atoms with Crippen LogP contribution in [0.25, 0.3) is 0 Å². The maximum Gasteiger partial charge on any atom is 0.140 e. The van der Waals surface area contributed by atoms with E-state index in [2.05, 4.69) is 0 Å². The molecule has 20 heavy (non-hydrogen) atoms. The van der Waals surface area contributed by atoms with E-state index in [4.69, 9.17) is 16.3 Å². The number of hydrogen-bond acceptors (Lipinski definition) is 2. The first kappa shape index (κ1) is 14.6. The molecular weight excluding hydrogens is 272 g/mol. The third-order valence-corrected chi connectivity index (χ3v) is 3.35. The summed E-state index contributed by atoms with van der Waals surface area (Å²) in [6, 6.07) is 15.2. The Balaban J connectivity index is 1.80. The standard InChI is InChI=1S/C17H17ClO2/c1-13-5-4-7-16(11-13)20-10-9-15(19)12-14-6-2-3-8-17(14)18/h2-8,11H,9-10,12H2,1H3. The SMILES string of the molecule is Cc1cccc(OCCC(=O)Cc2ccccc2Cl)c1. The van der Waals surface area contributed by atoms with E-state index in [-0.39, 0.29) is 5.78 Å². The number of halogens is 1. The second-order valence-corrected chi connectivity index (χ2v) is 5.13. The quantitative estimate of drug-likeness (QED) is 0.795. The summed E-state index contributed by atoms with van der Waals surface area (Å²) in [7, 11) is 0. The van der Waals surface area contributed by atoms with Gasteiger partial charge in [0.15, 0.2) is 0 Å². The van der Waals surface area contributed by atoms with Crippen LogP contribution in [0.5, 0.6) is 5.75 Å². The van der Waals surface area contributed by atoms with Crippen LogP contribution in [0.15, 0.2) is 48.5 Å². The van der Waals surface area contributed by atoms with Gasteiger partial charge in [-0.05, 0) is 36.2 Å². The van der Waals surface area contributed by atoms with Gasteiger partial charge in [-0.15, -0.1) is 0 Å². The molecule has 104 valence electrons. The topological polar surface area (TPSA) is 26.3 Å². The lowest BCUT2D eigenvalue weighted by Gasteiger charge is -2.07. The van der Waals surface area contributed by atoms with Gasteiger partial charge < -0.3 is 4.74 Å². The number of ether oxygens (including phenoxy) is 1. The van der Waals surface area contributed by atoms with Gasteiger partial charge in [-0.2, -0.15) is 0 Å². The van der Waals surface area contributed by atoms with Crippen molar-refractivity contribution in [2.75, 3.05) is 6.61 Å². The number of benzene rings is 2. The molecule has 0 heterocycles. The predicted octanol–water partition coefficient (Wildman–Crippen LogP) is 4.23. The first-order valence-electron chi connectivity index (χ1n) is 6.60. The van der Waals surface area contributed by atoms with Crippen molar-refractivity contribution >= 4 is 17.4 Å². The van der Waals surface area contributed by atoms with Gasteiger partial charge in [-0.3, -0.25) is 4.79 Å². The van der Waals surface area contributed by atoms with E-state index in [1.54, 1.807) is 6.07 Å². The molecule has 0 N–H and O–H groups in total. The largest absolute Gasteiger partial charge is 0.493 e. The van der Waals surface area contributed by atoms with Crippen LogP contribution in [0.3, 0.4) is 0 Å². The molecule has 0 radical (unpaired) electrons. The van der Waals surface area contributed by atoms with Gasteiger partial charge in [0.05, 0.1) is 6.61 Å². The van der Waals surface area contributed by atoms with Crippen LogP contribution in [-0.2, 0) is 11.2 Å². The molecule has 0 saturated carbocycles. The molecular formula is C17H17ClO2. The molecule has 2 rings (SSSR count). The lowest BCUT2D eigenvalue weighted by molar-refractivity contribution is -0.118. The molecule has 2 aromatic carbocycles. The first-order valence-corrected chi connectivity index (χ1v) is 6.97. The summed E-state index contributed by atoms with van der Waals surface area (Å²) < 4.78 is 5.57. The van der Waals surface area contributed by atoms with Crippen LogP contribution in [0.1, 0.15) is 17.5 Å². The first-order chi connectivity index (χ1) is 9.65. The maximum atomic E-state index is 11.9. The monoisotopic (exact) mass is 288 g/mol. The Labute approximate surface area is 124 Å². The molecule has 0 bridgehead atoms. The Morgan fingerprint density at radius 1 is 1.15 bits per heavy atom. The molecule has 0 aromatic heterocycles. The summed E-state index contributed by atoms with van der Waals surface area (Å²) in [6.45, 7) is 2.40. The minimum absolute atomic E-state index is 0.130. The van der Waals surface area contributed by atoms with Gasteiger partial charge in [0.25, 0.3) is 0 Å². The molecule has 0 atom stereocenters. The summed E-state index contributed by atoms with van der Waals surface area (Å²) >= 11 is 6.03. The number of ketones is 1. The highest BCUT2D eigenvalue weighted by atomic mass is 35.5. The fraction of sp³-hybridized carbons (Fsp3) is 0.235. The molecule has 0 amide bonds. The van der Waals surface area contributed by atoms with Crippen molar-refractivity contribution < 1.29 is 9.53 Å². The summed E-state index contributed by atoms with van der Waals surface area (Å²) in [5.41, 5.74) is 2.01. The van der Waals surface area contributed by atoms with E-state index >= 15 is 0 Å². The van der Waals surface area contributed by atoms with Crippen LogP contribution >= 0.6 is 11.6 Å². The van der Waals surface area contributed by atoms with Crippen molar-refractivity contribution in [3.05, 3.63) is 64.7 Å². The van der Waals surface area contributed by atoms with E-state index in [9.17, 15) is 4.79 Å². The Kier molecular flexibility index (Phi) is 5.19. The van der Waals surface area contributed by atoms with Crippen LogP contribution in [0.2, 0.25) is 5.02 Å². The lowest BCUT2D eigenvalue weighted by atomic mass is 10.1. The lowest BCUT2D eigenvalue weighted by Crippen LogP contribution is -2.09. The zero-order chi connectivity index (χ0) is 14.4. The molecule has 3 heteroatoms. The Morgan fingerprint density at radius 3 is 2.70 bits per heavy atom. The second kappa shape index (κ2) is 7.11. The molecule has 0 aliphatic heterocycles. The average Bonchev–Trinajstić information content (AvgIpc) is 2.41. The van der Waals surface area contributed by atoms with Gasteiger partial charge >= 0.3 is 0 Å². The van der Waals surface area contributed by atoms with Crippen molar-refractivity contribution in [2.24, 2.45) is 0 Å². The molecule has 0 saturated heterocycles. The van der Waals surface area contributed by atoms with Crippen molar-refractivity contribution in [1.82, 2.24) is 0 Å². The summed E-state index contributed by atoms with van der Waals surface area (Å²) in [4.78, 5) is 11.9. The number of carbonyl (C=O) groups is 1. The van der Waals surface area contributed by atoms with Gasteiger partial charge in [0.2, 0.25) is 0 Å². The van der Waals surface area contributed by atoms with Crippen LogP contribution < -0.4 is 4.74 Å². The molecule has 0 spiro atoms. The van der Waals surface area contributed by atoms with E-state index in [0.29, 0.717) is 24.5 Å². The van der Waals surface area contributed by atoms with E-state index < -0.39 is 0 Å². The van der Waals surface area contributed by atoms with Crippen molar-refractivity contribution in [2.45, 2.75) is 19.8 Å². The van der Waals surface area contributed by atoms with Crippen LogP contribution in [0.4, 0.5) is 0 Å². The van der Waals surface area contributed by atoms with Gasteiger partial charge in [-0.1, -0.05) is 41.9 Å². The molecule has 2 aromatic rings. The Morgan fingerprint density at radius 2 is 1.95 bits per heavy atom. The maximum absolute atomic E-state index is 11.9. The molecule has 0 aliphatic carbocycles. The minimum atomic E-state index is 0.130.